The highest BCUT2D eigenvalue weighted by molar-refractivity contribution is 7.14. The Morgan fingerprint density at radius 2 is 2.19 bits per heavy atom. The second-order valence-electron chi connectivity index (χ2n) is 4.40. The zero-order valence-corrected chi connectivity index (χ0v) is 12.2. The summed E-state index contributed by atoms with van der Waals surface area (Å²) in [6.07, 6.45) is 5.94. The average molecular weight is 302 g/mol. The minimum Gasteiger partial charge on any atom is -0.478 e. The smallest absolute Gasteiger partial charge is 0.328 e. The van der Waals surface area contributed by atoms with Gasteiger partial charge in [-0.3, -0.25) is 9.78 Å². The number of carbonyl (C=O) groups excluding carboxylic acids is 1. The lowest BCUT2D eigenvalue weighted by Gasteiger charge is -2.15. The standard InChI is InChI=1S/C15H14N2O3S/c1-17(10-11-3-2-8-16-9-11)15(20)13-6-4-12(21-13)5-7-14(18)19/h2-9H,10H2,1H3,(H,18,19). The van der Waals surface area contributed by atoms with Crippen molar-refractivity contribution in [2.45, 2.75) is 6.54 Å². The molecule has 0 unspecified atom stereocenters. The van der Waals surface area contributed by atoms with E-state index in [9.17, 15) is 9.59 Å². The first-order valence-electron chi connectivity index (χ1n) is 6.21. The lowest BCUT2D eigenvalue weighted by atomic mass is 10.2. The van der Waals surface area contributed by atoms with Crippen LogP contribution in [0.5, 0.6) is 0 Å². The van der Waals surface area contributed by atoms with Crippen LogP contribution in [0.15, 0.2) is 42.7 Å². The van der Waals surface area contributed by atoms with E-state index < -0.39 is 5.97 Å². The number of amides is 1. The van der Waals surface area contributed by atoms with Crippen molar-refractivity contribution in [3.05, 3.63) is 58.1 Å². The van der Waals surface area contributed by atoms with Crippen LogP contribution in [0.1, 0.15) is 20.1 Å². The van der Waals surface area contributed by atoms with Gasteiger partial charge >= 0.3 is 5.97 Å². The first-order valence-corrected chi connectivity index (χ1v) is 7.03. The monoisotopic (exact) mass is 302 g/mol. The molecule has 6 heteroatoms. The molecule has 0 bridgehead atoms. The van der Waals surface area contributed by atoms with Gasteiger partial charge in [0.1, 0.15) is 0 Å². The zero-order valence-electron chi connectivity index (χ0n) is 11.4. The number of carboxylic acid groups (broad SMARTS) is 1. The molecule has 1 amide bonds. The van der Waals surface area contributed by atoms with Crippen LogP contribution in [0.25, 0.3) is 6.08 Å². The third kappa shape index (κ3) is 4.25. The number of hydrogen-bond acceptors (Lipinski definition) is 4. The SMILES string of the molecule is CN(Cc1cccnc1)C(=O)c1ccc(C=CC(=O)O)s1. The summed E-state index contributed by atoms with van der Waals surface area (Å²) < 4.78 is 0. The summed E-state index contributed by atoms with van der Waals surface area (Å²) in [5.74, 6) is -1.11. The number of hydrogen-bond donors (Lipinski definition) is 1. The molecule has 0 saturated carbocycles. The Morgan fingerprint density at radius 1 is 1.38 bits per heavy atom. The van der Waals surface area contributed by atoms with E-state index in [4.69, 9.17) is 5.11 Å². The molecule has 2 aromatic rings. The van der Waals surface area contributed by atoms with E-state index in [0.29, 0.717) is 11.4 Å². The van der Waals surface area contributed by atoms with E-state index in [-0.39, 0.29) is 5.91 Å². The molecule has 108 valence electrons. The van der Waals surface area contributed by atoms with Crippen molar-refractivity contribution in [3.63, 3.8) is 0 Å². The number of carboxylic acids is 1. The Hall–Kier alpha value is -2.47. The van der Waals surface area contributed by atoms with Crippen LogP contribution in [0.3, 0.4) is 0 Å². The molecule has 0 aliphatic rings. The molecule has 0 aromatic carbocycles. The number of thiophene rings is 1. The van der Waals surface area contributed by atoms with Crippen LogP contribution in [0.4, 0.5) is 0 Å². The number of rotatable bonds is 5. The fourth-order valence-corrected chi connectivity index (χ4v) is 2.64. The van der Waals surface area contributed by atoms with Gasteiger partial charge in [0.2, 0.25) is 0 Å². The van der Waals surface area contributed by atoms with Gasteiger partial charge in [-0.25, -0.2) is 4.79 Å². The molecule has 0 aliphatic carbocycles. The highest BCUT2D eigenvalue weighted by atomic mass is 32.1. The van der Waals surface area contributed by atoms with E-state index >= 15 is 0 Å². The fourth-order valence-electron chi connectivity index (χ4n) is 1.74. The first-order chi connectivity index (χ1) is 10.1. The normalized spacial score (nSPS) is 10.7. The molecule has 0 aliphatic heterocycles. The lowest BCUT2D eigenvalue weighted by molar-refractivity contribution is -0.131. The van der Waals surface area contributed by atoms with Crippen molar-refractivity contribution < 1.29 is 14.7 Å². The van der Waals surface area contributed by atoms with Crippen molar-refractivity contribution in [1.82, 2.24) is 9.88 Å². The predicted molar refractivity (Wildman–Crippen MR) is 81.0 cm³/mol. The Labute approximate surface area is 126 Å². The van der Waals surface area contributed by atoms with Gasteiger partial charge in [-0.05, 0) is 29.8 Å². The quantitative estimate of drug-likeness (QED) is 0.862. The van der Waals surface area contributed by atoms with Gasteiger partial charge in [-0.1, -0.05) is 6.07 Å². The minimum atomic E-state index is -1.01. The highest BCUT2D eigenvalue weighted by Gasteiger charge is 2.14. The first kappa shape index (κ1) is 14.9. The van der Waals surface area contributed by atoms with E-state index in [1.54, 1.807) is 36.5 Å². The second-order valence-corrected chi connectivity index (χ2v) is 5.51. The molecule has 2 heterocycles. The topological polar surface area (TPSA) is 70.5 Å². The third-order valence-corrected chi connectivity index (χ3v) is 3.76. The molecule has 0 atom stereocenters. The van der Waals surface area contributed by atoms with Gasteiger partial charge in [0.05, 0.1) is 4.88 Å². The summed E-state index contributed by atoms with van der Waals surface area (Å²) in [5.41, 5.74) is 0.955. The van der Waals surface area contributed by atoms with Crippen LogP contribution < -0.4 is 0 Å². The Morgan fingerprint density at radius 3 is 2.86 bits per heavy atom. The van der Waals surface area contributed by atoms with Crippen LogP contribution in [0.2, 0.25) is 0 Å². The summed E-state index contributed by atoms with van der Waals surface area (Å²) in [6, 6.07) is 7.17. The number of aromatic nitrogens is 1. The maximum atomic E-state index is 12.3. The van der Waals surface area contributed by atoms with Gasteiger partial charge in [-0.15, -0.1) is 11.3 Å². The fraction of sp³-hybridized carbons (Fsp3) is 0.133. The summed E-state index contributed by atoms with van der Waals surface area (Å²) in [7, 11) is 1.72. The largest absolute Gasteiger partial charge is 0.478 e. The van der Waals surface area contributed by atoms with Crippen LogP contribution in [0, 0.1) is 0 Å². The number of nitrogens with zero attached hydrogens (tertiary/aromatic N) is 2. The van der Waals surface area contributed by atoms with Gasteiger partial charge < -0.3 is 10.0 Å². The molecule has 2 aromatic heterocycles. The Kier molecular flexibility index (Phi) is 4.84. The highest BCUT2D eigenvalue weighted by Crippen LogP contribution is 2.20. The van der Waals surface area contributed by atoms with Gasteiger partial charge in [-0.2, -0.15) is 0 Å². The van der Waals surface area contributed by atoms with E-state index in [2.05, 4.69) is 4.98 Å². The zero-order chi connectivity index (χ0) is 15.2. The van der Waals surface area contributed by atoms with Crippen LogP contribution in [-0.4, -0.2) is 33.9 Å². The Bertz CT molecular complexity index is 665. The van der Waals surface area contributed by atoms with Crippen molar-refractivity contribution in [1.29, 1.82) is 0 Å². The lowest BCUT2D eigenvalue weighted by Crippen LogP contribution is -2.25. The molecule has 0 fully saturated rings. The molecular formula is C15H14N2O3S. The minimum absolute atomic E-state index is 0.0983. The van der Waals surface area contributed by atoms with Crippen molar-refractivity contribution in [3.8, 4) is 0 Å². The van der Waals surface area contributed by atoms with E-state index in [0.717, 1.165) is 16.5 Å². The Balaban J connectivity index is 2.04. The molecule has 0 spiro atoms. The van der Waals surface area contributed by atoms with E-state index in [1.165, 1.54) is 17.4 Å². The molecule has 0 radical (unpaired) electrons. The molecular weight excluding hydrogens is 288 g/mol. The van der Waals surface area contributed by atoms with Gasteiger partial charge in [0, 0.05) is 36.9 Å². The van der Waals surface area contributed by atoms with Crippen molar-refractivity contribution in [2.75, 3.05) is 7.05 Å². The molecule has 21 heavy (non-hydrogen) atoms. The second kappa shape index (κ2) is 6.81. The summed E-state index contributed by atoms with van der Waals surface area (Å²) >= 11 is 1.26. The van der Waals surface area contributed by atoms with E-state index in [1.807, 2.05) is 12.1 Å². The molecule has 5 nitrogen and oxygen atoms in total. The van der Waals surface area contributed by atoms with Gasteiger partial charge in [0.25, 0.3) is 5.91 Å². The summed E-state index contributed by atoms with van der Waals surface area (Å²) in [4.78, 5) is 29.7. The maximum absolute atomic E-state index is 12.3. The number of aliphatic carboxylic acids is 1. The predicted octanol–water partition coefficient (Wildman–Crippen LogP) is 2.51. The van der Waals surface area contributed by atoms with Crippen LogP contribution >= 0.6 is 11.3 Å². The number of carbonyl (C=O) groups is 2. The average Bonchev–Trinajstić information content (AvgIpc) is 2.94. The summed E-state index contributed by atoms with van der Waals surface area (Å²) in [6.45, 7) is 0.477. The number of pyridine rings is 1. The van der Waals surface area contributed by atoms with Crippen molar-refractivity contribution in [2.24, 2.45) is 0 Å². The molecule has 0 saturated heterocycles. The maximum Gasteiger partial charge on any atom is 0.328 e. The molecule has 2 rings (SSSR count). The van der Waals surface area contributed by atoms with Gasteiger partial charge in [0.15, 0.2) is 0 Å². The third-order valence-electron chi connectivity index (χ3n) is 2.72. The molecule has 1 N–H and O–H groups in total. The van der Waals surface area contributed by atoms with Crippen molar-refractivity contribution >= 4 is 29.3 Å². The van der Waals surface area contributed by atoms with Crippen LogP contribution in [-0.2, 0) is 11.3 Å². The summed E-state index contributed by atoms with van der Waals surface area (Å²) in [5, 5.41) is 8.58.